The predicted octanol–water partition coefficient (Wildman–Crippen LogP) is 1.65. The van der Waals surface area contributed by atoms with Gasteiger partial charge in [-0.3, -0.25) is 4.79 Å². The first kappa shape index (κ1) is 12.5. The van der Waals surface area contributed by atoms with E-state index in [1.807, 2.05) is 31.2 Å². The van der Waals surface area contributed by atoms with Gasteiger partial charge in [0.25, 0.3) is 0 Å². The number of nitrogens with one attached hydrogen (secondary N) is 1. The van der Waals surface area contributed by atoms with Crippen LogP contribution in [0.2, 0.25) is 0 Å². The minimum Gasteiger partial charge on any atom is -0.494 e. The van der Waals surface area contributed by atoms with E-state index in [-0.39, 0.29) is 6.42 Å². The molecule has 0 saturated heterocycles. The van der Waals surface area contributed by atoms with Crippen molar-refractivity contribution in [3.8, 4) is 5.75 Å². The van der Waals surface area contributed by atoms with E-state index < -0.39 is 5.97 Å². The van der Waals surface area contributed by atoms with Crippen molar-refractivity contribution in [1.82, 2.24) is 5.32 Å². The second kappa shape index (κ2) is 6.85. The van der Waals surface area contributed by atoms with Crippen molar-refractivity contribution >= 4 is 5.97 Å². The lowest BCUT2D eigenvalue weighted by molar-refractivity contribution is -0.136. The van der Waals surface area contributed by atoms with Crippen molar-refractivity contribution in [2.75, 3.05) is 13.2 Å². The molecule has 88 valence electrons. The smallest absolute Gasteiger partial charge is 0.304 e. The summed E-state index contributed by atoms with van der Waals surface area (Å²) < 4.78 is 5.32. The monoisotopic (exact) mass is 223 g/mol. The number of rotatable bonds is 7. The second-order valence-corrected chi connectivity index (χ2v) is 3.40. The van der Waals surface area contributed by atoms with Gasteiger partial charge in [-0.2, -0.15) is 0 Å². The number of carbonyl (C=O) groups is 1. The molecule has 0 amide bonds. The third kappa shape index (κ3) is 4.79. The zero-order valence-electron chi connectivity index (χ0n) is 9.40. The highest BCUT2D eigenvalue weighted by Crippen LogP contribution is 2.11. The molecule has 1 aromatic carbocycles. The molecule has 0 unspecified atom stereocenters. The molecule has 16 heavy (non-hydrogen) atoms. The van der Waals surface area contributed by atoms with Gasteiger partial charge in [0.05, 0.1) is 13.0 Å². The van der Waals surface area contributed by atoms with E-state index in [2.05, 4.69) is 5.32 Å². The van der Waals surface area contributed by atoms with Crippen molar-refractivity contribution in [3.63, 3.8) is 0 Å². The Labute approximate surface area is 95.2 Å². The summed E-state index contributed by atoms with van der Waals surface area (Å²) >= 11 is 0. The molecule has 0 aliphatic rings. The fourth-order valence-electron chi connectivity index (χ4n) is 1.30. The van der Waals surface area contributed by atoms with Crippen LogP contribution in [-0.4, -0.2) is 24.2 Å². The summed E-state index contributed by atoms with van der Waals surface area (Å²) in [5.41, 5.74) is 1.12. The number of hydrogen-bond acceptors (Lipinski definition) is 3. The minimum atomic E-state index is -0.779. The van der Waals surface area contributed by atoms with Crippen LogP contribution in [0.4, 0.5) is 0 Å². The van der Waals surface area contributed by atoms with Gasteiger partial charge in [-0.15, -0.1) is 0 Å². The summed E-state index contributed by atoms with van der Waals surface area (Å²) in [4.78, 5) is 10.3. The number of carboxylic acids is 1. The molecule has 2 N–H and O–H groups in total. The predicted molar refractivity (Wildman–Crippen MR) is 61.6 cm³/mol. The number of carboxylic acid groups (broad SMARTS) is 1. The van der Waals surface area contributed by atoms with Crippen LogP contribution < -0.4 is 10.1 Å². The normalized spacial score (nSPS) is 10.1. The van der Waals surface area contributed by atoms with Crippen molar-refractivity contribution < 1.29 is 14.6 Å². The molecule has 0 radical (unpaired) electrons. The molecule has 1 aromatic rings. The Bertz CT molecular complexity index is 322. The molecule has 4 nitrogen and oxygen atoms in total. The van der Waals surface area contributed by atoms with E-state index in [9.17, 15) is 4.79 Å². The van der Waals surface area contributed by atoms with Gasteiger partial charge < -0.3 is 15.2 Å². The lowest BCUT2D eigenvalue weighted by Crippen LogP contribution is -2.17. The highest BCUT2D eigenvalue weighted by molar-refractivity contribution is 5.66. The average molecular weight is 223 g/mol. The van der Waals surface area contributed by atoms with E-state index in [0.717, 1.165) is 11.3 Å². The summed E-state index contributed by atoms with van der Waals surface area (Å²) in [6.07, 6.45) is 0.150. The van der Waals surface area contributed by atoms with Gasteiger partial charge in [0.1, 0.15) is 5.75 Å². The van der Waals surface area contributed by atoms with E-state index in [4.69, 9.17) is 9.84 Å². The molecular weight excluding hydrogens is 206 g/mol. The molecule has 0 saturated carbocycles. The molecule has 0 heterocycles. The van der Waals surface area contributed by atoms with Gasteiger partial charge in [0.2, 0.25) is 0 Å². The zero-order chi connectivity index (χ0) is 11.8. The van der Waals surface area contributed by atoms with Crippen LogP contribution in [0, 0.1) is 0 Å². The number of aliphatic carboxylic acids is 1. The lowest BCUT2D eigenvalue weighted by atomic mass is 10.2. The maximum absolute atomic E-state index is 10.3. The van der Waals surface area contributed by atoms with E-state index in [1.165, 1.54) is 0 Å². The molecule has 0 bridgehead atoms. The van der Waals surface area contributed by atoms with Crippen LogP contribution in [0.25, 0.3) is 0 Å². The molecular formula is C12H17NO3. The lowest BCUT2D eigenvalue weighted by Gasteiger charge is -2.05. The van der Waals surface area contributed by atoms with Crippen LogP contribution in [0.1, 0.15) is 18.9 Å². The molecule has 0 aliphatic carbocycles. The standard InChI is InChI=1S/C12H17NO3/c1-2-16-11-5-3-10(4-6-11)9-13-8-7-12(14)15/h3-6,13H,2,7-9H2,1H3,(H,14,15). The fraction of sp³-hybridized carbons (Fsp3) is 0.417. The maximum atomic E-state index is 10.3. The van der Waals surface area contributed by atoms with E-state index in [1.54, 1.807) is 0 Å². The first-order valence-corrected chi connectivity index (χ1v) is 5.36. The Morgan fingerprint density at radius 3 is 2.62 bits per heavy atom. The molecule has 0 aliphatic heterocycles. The van der Waals surface area contributed by atoms with Gasteiger partial charge >= 0.3 is 5.97 Å². The summed E-state index contributed by atoms with van der Waals surface area (Å²) in [5, 5.41) is 11.5. The van der Waals surface area contributed by atoms with Gasteiger partial charge in [-0.1, -0.05) is 12.1 Å². The first-order valence-electron chi connectivity index (χ1n) is 5.36. The molecule has 0 fully saturated rings. The number of ether oxygens (including phenoxy) is 1. The molecule has 4 heteroatoms. The largest absolute Gasteiger partial charge is 0.494 e. The van der Waals surface area contributed by atoms with Crippen LogP contribution >= 0.6 is 0 Å². The average Bonchev–Trinajstić information content (AvgIpc) is 2.27. The zero-order valence-corrected chi connectivity index (χ0v) is 9.40. The summed E-state index contributed by atoms with van der Waals surface area (Å²) in [7, 11) is 0. The van der Waals surface area contributed by atoms with Crippen molar-refractivity contribution in [2.24, 2.45) is 0 Å². The topological polar surface area (TPSA) is 58.6 Å². The third-order valence-electron chi connectivity index (χ3n) is 2.08. The van der Waals surface area contributed by atoms with Gasteiger partial charge in [-0.05, 0) is 24.6 Å². The Morgan fingerprint density at radius 1 is 1.38 bits per heavy atom. The summed E-state index contributed by atoms with van der Waals surface area (Å²) in [5.74, 6) is 0.0796. The molecule has 0 spiro atoms. The fourth-order valence-corrected chi connectivity index (χ4v) is 1.30. The molecule has 0 atom stereocenters. The number of hydrogen-bond donors (Lipinski definition) is 2. The summed E-state index contributed by atoms with van der Waals surface area (Å²) in [6, 6.07) is 7.77. The van der Waals surface area contributed by atoms with Crippen LogP contribution in [-0.2, 0) is 11.3 Å². The molecule has 0 aromatic heterocycles. The number of benzene rings is 1. The Hall–Kier alpha value is -1.55. The second-order valence-electron chi connectivity index (χ2n) is 3.40. The quantitative estimate of drug-likeness (QED) is 0.690. The Morgan fingerprint density at radius 2 is 2.06 bits per heavy atom. The van der Waals surface area contributed by atoms with Crippen LogP contribution in [0.3, 0.4) is 0 Å². The highest BCUT2D eigenvalue weighted by atomic mass is 16.5. The summed E-state index contributed by atoms with van der Waals surface area (Å²) in [6.45, 7) is 3.78. The van der Waals surface area contributed by atoms with Gasteiger partial charge in [-0.25, -0.2) is 0 Å². The Kier molecular flexibility index (Phi) is 5.36. The van der Waals surface area contributed by atoms with Crippen molar-refractivity contribution in [1.29, 1.82) is 0 Å². The van der Waals surface area contributed by atoms with Crippen LogP contribution in [0.15, 0.2) is 24.3 Å². The van der Waals surface area contributed by atoms with Gasteiger partial charge in [0, 0.05) is 13.1 Å². The molecule has 1 rings (SSSR count). The van der Waals surface area contributed by atoms with Crippen molar-refractivity contribution in [2.45, 2.75) is 19.9 Å². The van der Waals surface area contributed by atoms with Crippen LogP contribution in [0.5, 0.6) is 5.75 Å². The third-order valence-corrected chi connectivity index (χ3v) is 2.08. The first-order chi connectivity index (χ1) is 7.72. The minimum absolute atomic E-state index is 0.150. The van der Waals surface area contributed by atoms with Crippen molar-refractivity contribution in [3.05, 3.63) is 29.8 Å². The Balaban J connectivity index is 2.29. The highest BCUT2D eigenvalue weighted by Gasteiger charge is 1.97. The van der Waals surface area contributed by atoms with E-state index in [0.29, 0.717) is 19.7 Å². The maximum Gasteiger partial charge on any atom is 0.304 e. The SMILES string of the molecule is CCOc1ccc(CNCCC(=O)O)cc1. The van der Waals surface area contributed by atoms with E-state index >= 15 is 0 Å². The van der Waals surface area contributed by atoms with Gasteiger partial charge in [0.15, 0.2) is 0 Å².